The zero-order valence-electron chi connectivity index (χ0n) is 8.63. The summed E-state index contributed by atoms with van der Waals surface area (Å²) in [6.45, 7) is 3.60. The summed E-state index contributed by atoms with van der Waals surface area (Å²) in [6, 6.07) is 1.61. The Balaban J connectivity index is 2.55. The van der Waals surface area contributed by atoms with Gasteiger partial charge in [-0.3, -0.25) is 9.59 Å². The van der Waals surface area contributed by atoms with Gasteiger partial charge in [0.05, 0.1) is 5.92 Å². The maximum atomic E-state index is 11.8. The molecule has 1 aromatic rings. The highest BCUT2D eigenvalue weighted by atomic mass is 35.5. The van der Waals surface area contributed by atoms with Gasteiger partial charge in [0.2, 0.25) is 0 Å². The first-order valence-corrected chi connectivity index (χ1v) is 5.34. The highest BCUT2D eigenvalue weighted by Gasteiger charge is 2.32. The van der Waals surface area contributed by atoms with Gasteiger partial charge in [-0.05, 0) is 13.0 Å². The second-order valence-electron chi connectivity index (χ2n) is 4.10. The topological polar surface area (TPSA) is 49.9 Å². The minimum absolute atomic E-state index is 0.00153. The molecule has 0 fully saturated rings. The van der Waals surface area contributed by atoms with Gasteiger partial charge >= 0.3 is 0 Å². The van der Waals surface area contributed by atoms with Crippen molar-refractivity contribution < 1.29 is 9.59 Å². The van der Waals surface area contributed by atoms with Crippen LogP contribution in [0.2, 0.25) is 5.15 Å². The van der Waals surface area contributed by atoms with Crippen LogP contribution in [0.4, 0.5) is 0 Å². The Hall–Kier alpha value is -1.09. The van der Waals surface area contributed by atoms with Crippen LogP contribution in [0.3, 0.4) is 0 Å². The maximum Gasteiger partial charge on any atom is 0.165 e. The van der Waals surface area contributed by atoms with Gasteiger partial charge in [-0.1, -0.05) is 18.5 Å². The molecule has 15 heavy (non-hydrogen) atoms. The van der Waals surface area contributed by atoms with Crippen molar-refractivity contribution in [2.75, 3.05) is 0 Å². The molecule has 4 heteroatoms. The number of carbonyl (C=O) groups excluding carboxylic acids is 2. The van der Waals surface area contributed by atoms with Crippen molar-refractivity contribution in [3.05, 3.63) is 22.5 Å². The highest BCUT2D eigenvalue weighted by molar-refractivity contribution is 6.30. The second kappa shape index (κ2) is 3.49. The van der Waals surface area contributed by atoms with E-state index in [4.69, 9.17) is 11.6 Å². The molecule has 2 unspecified atom stereocenters. The van der Waals surface area contributed by atoms with E-state index in [1.54, 1.807) is 13.0 Å². The van der Waals surface area contributed by atoms with E-state index in [2.05, 4.69) is 4.98 Å². The molecular formula is C11H12ClNO2. The maximum absolute atomic E-state index is 11.8. The zero-order valence-corrected chi connectivity index (χ0v) is 9.39. The molecule has 0 amide bonds. The Labute approximate surface area is 92.8 Å². The number of nitrogens with one attached hydrogen (secondary N) is 1. The molecule has 1 aromatic heterocycles. The van der Waals surface area contributed by atoms with Gasteiger partial charge in [-0.15, -0.1) is 0 Å². The van der Waals surface area contributed by atoms with Crippen LogP contribution < -0.4 is 0 Å². The Bertz CT molecular complexity index is 436. The lowest BCUT2D eigenvalue weighted by Gasteiger charge is -2.10. The molecule has 1 aliphatic rings. The van der Waals surface area contributed by atoms with Gasteiger partial charge in [0.1, 0.15) is 10.9 Å². The molecule has 0 saturated carbocycles. The molecule has 1 aliphatic carbocycles. The summed E-state index contributed by atoms with van der Waals surface area (Å²) in [4.78, 5) is 26.5. The van der Waals surface area contributed by atoms with E-state index in [0.29, 0.717) is 16.4 Å². The van der Waals surface area contributed by atoms with Crippen LogP contribution in [0.25, 0.3) is 0 Å². The molecule has 2 atom stereocenters. The van der Waals surface area contributed by atoms with E-state index >= 15 is 0 Å². The first kappa shape index (κ1) is 10.4. The van der Waals surface area contributed by atoms with Crippen molar-refractivity contribution in [1.82, 2.24) is 4.98 Å². The molecule has 0 spiro atoms. The van der Waals surface area contributed by atoms with Crippen molar-refractivity contribution in [1.29, 1.82) is 0 Å². The third kappa shape index (κ3) is 1.61. The molecule has 0 bridgehead atoms. The SMILES string of the molecule is CC1CC(=O)c2cc(Cl)[nH]c2C(C)C1=O. The summed E-state index contributed by atoms with van der Waals surface area (Å²) in [5.41, 5.74) is 1.24. The standard InChI is InChI=1S/C11H12ClNO2/c1-5-3-8(14)7-4-9(12)13-10(7)6(2)11(5)15/h4-6,13H,3H2,1-2H3. The van der Waals surface area contributed by atoms with Gasteiger partial charge in [-0.25, -0.2) is 0 Å². The average molecular weight is 226 g/mol. The lowest BCUT2D eigenvalue weighted by molar-refractivity contribution is -0.123. The van der Waals surface area contributed by atoms with Gasteiger partial charge in [0, 0.05) is 23.6 Å². The van der Waals surface area contributed by atoms with Crippen molar-refractivity contribution in [3.63, 3.8) is 0 Å². The van der Waals surface area contributed by atoms with E-state index in [1.807, 2.05) is 6.92 Å². The number of fused-ring (bicyclic) bond motifs is 1. The Morgan fingerprint density at radius 2 is 2.07 bits per heavy atom. The Kier molecular flexibility index (Phi) is 2.43. The van der Waals surface area contributed by atoms with Crippen molar-refractivity contribution >= 4 is 23.2 Å². The lowest BCUT2D eigenvalue weighted by Crippen LogP contribution is -2.16. The normalized spacial score (nSPS) is 26.3. The van der Waals surface area contributed by atoms with Crippen LogP contribution >= 0.6 is 11.6 Å². The number of H-pyrrole nitrogens is 1. The molecule has 3 nitrogen and oxygen atoms in total. The molecular weight excluding hydrogens is 214 g/mol. The summed E-state index contributed by atoms with van der Waals surface area (Å²) in [7, 11) is 0. The van der Waals surface area contributed by atoms with Gasteiger partial charge in [0.15, 0.2) is 5.78 Å². The quantitative estimate of drug-likeness (QED) is 0.690. The summed E-state index contributed by atoms with van der Waals surface area (Å²) in [6.07, 6.45) is 0.282. The molecule has 1 heterocycles. The lowest BCUT2D eigenvalue weighted by atomic mass is 9.94. The van der Waals surface area contributed by atoms with Crippen LogP contribution in [0.5, 0.6) is 0 Å². The Morgan fingerprint density at radius 1 is 1.40 bits per heavy atom. The molecule has 0 saturated heterocycles. The fraction of sp³-hybridized carbons (Fsp3) is 0.455. The average Bonchev–Trinajstić information content (AvgIpc) is 2.54. The summed E-state index contributed by atoms with van der Waals surface area (Å²) >= 11 is 5.80. The predicted molar refractivity (Wildman–Crippen MR) is 57.3 cm³/mol. The van der Waals surface area contributed by atoms with E-state index in [9.17, 15) is 9.59 Å². The van der Waals surface area contributed by atoms with Gasteiger partial charge in [0.25, 0.3) is 0 Å². The van der Waals surface area contributed by atoms with E-state index < -0.39 is 0 Å². The van der Waals surface area contributed by atoms with Crippen LogP contribution in [0.1, 0.15) is 42.2 Å². The predicted octanol–water partition coefficient (Wildman–Crippen LogP) is 2.56. The first-order valence-electron chi connectivity index (χ1n) is 4.96. The number of aromatic amines is 1. The van der Waals surface area contributed by atoms with Gasteiger partial charge in [-0.2, -0.15) is 0 Å². The summed E-state index contributed by atoms with van der Waals surface area (Å²) in [5.74, 6) is -0.375. The number of aromatic nitrogens is 1. The fourth-order valence-electron chi connectivity index (χ4n) is 2.07. The van der Waals surface area contributed by atoms with E-state index in [0.717, 1.165) is 0 Å². The number of carbonyl (C=O) groups is 2. The number of Topliss-reactive ketones (excluding diaryl/α,β-unsaturated/α-hetero) is 2. The number of ketones is 2. The number of rotatable bonds is 0. The second-order valence-corrected chi connectivity index (χ2v) is 4.50. The Morgan fingerprint density at radius 3 is 2.73 bits per heavy atom. The van der Waals surface area contributed by atoms with Crippen LogP contribution in [0.15, 0.2) is 6.07 Å². The monoisotopic (exact) mass is 225 g/mol. The van der Waals surface area contributed by atoms with Crippen LogP contribution in [-0.4, -0.2) is 16.6 Å². The highest BCUT2D eigenvalue weighted by Crippen LogP contribution is 2.31. The molecule has 0 aromatic carbocycles. The van der Waals surface area contributed by atoms with E-state index in [1.165, 1.54) is 0 Å². The molecule has 0 radical (unpaired) electrons. The van der Waals surface area contributed by atoms with Gasteiger partial charge < -0.3 is 4.98 Å². The minimum Gasteiger partial charge on any atom is -0.348 e. The van der Waals surface area contributed by atoms with Crippen molar-refractivity contribution in [3.8, 4) is 0 Å². The van der Waals surface area contributed by atoms with Crippen LogP contribution in [-0.2, 0) is 4.79 Å². The summed E-state index contributed by atoms with van der Waals surface area (Å²) < 4.78 is 0. The molecule has 2 rings (SSSR count). The smallest absolute Gasteiger partial charge is 0.165 e. The summed E-state index contributed by atoms with van der Waals surface area (Å²) in [5, 5.41) is 0.419. The number of hydrogen-bond acceptors (Lipinski definition) is 2. The number of halogens is 1. The molecule has 1 N–H and O–H groups in total. The fourth-order valence-corrected chi connectivity index (χ4v) is 2.28. The largest absolute Gasteiger partial charge is 0.348 e. The van der Waals surface area contributed by atoms with Crippen molar-refractivity contribution in [2.45, 2.75) is 26.2 Å². The van der Waals surface area contributed by atoms with Crippen LogP contribution in [0, 0.1) is 5.92 Å². The zero-order chi connectivity index (χ0) is 11.2. The molecule has 80 valence electrons. The number of hydrogen-bond donors (Lipinski definition) is 1. The minimum atomic E-state index is -0.269. The van der Waals surface area contributed by atoms with Crippen molar-refractivity contribution in [2.24, 2.45) is 5.92 Å². The third-order valence-electron chi connectivity index (χ3n) is 2.95. The first-order chi connectivity index (χ1) is 7.00. The molecule has 0 aliphatic heterocycles. The van der Waals surface area contributed by atoms with E-state index in [-0.39, 0.29) is 29.8 Å². The third-order valence-corrected chi connectivity index (χ3v) is 3.16.